The highest BCUT2D eigenvalue weighted by Gasteiger charge is 2.14. The van der Waals surface area contributed by atoms with Crippen molar-refractivity contribution >= 4 is 27.0 Å². The molecule has 1 aromatic rings. The molecule has 0 radical (unpaired) electrons. The Balaban J connectivity index is 2.41. The first-order valence-electron chi connectivity index (χ1n) is 6.75. The third-order valence-corrected chi connectivity index (χ3v) is 4.65. The van der Waals surface area contributed by atoms with Crippen molar-refractivity contribution in [2.75, 3.05) is 32.2 Å². The van der Waals surface area contributed by atoms with Gasteiger partial charge in [-0.3, -0.25) is 0 Å². The molecule has 0 bridgehead atoms. The minimum Gasteiger partial charge on any atom is -0.389 e. The highest BCUT2D eigenvalue weighted by Crippen LogP contribution is 2.12. The number of nitrogens with two attached hydrogens (primary N) is 1. The lowest BCUT2D eigenvalue weighted by atomic mass is 10.2. The lowest BCUT2D eigenvalue weighted by molar-refractivity contribution is 0.0537. The number of rotatable bonds is 10. The summed E-state index contributed by atoms with van der Waals surface area (Å²) >= 11 is 4.82. The van der Waals surface area contributed by atoms with Gasteiger partial charge in [-0.2, -0.15) is 0 Å². The monoisotopic (exact) mass is 331 g/mol. The van der Waals surface area contributed by atoms with Crippen molar-refractivity contribution in [2.24, 2.45) is 5.73 Å². The molecule has 0 aliphatic rings. The van der Waals surface area contributed by atoms with E-state index in [0.29, 0.717) is 25.4 Å². The molecule has 0 fully saturated rings. The summed E-state index contributed by atoms with van der Waals surface area (Å²) in [7, 11) is -3.35. The highest BCUT2D eigenvalue weighted by atomic mass is 32.2. The van der Waals surface area contributed by atoms with Crippen LogP contribution >= 0.6 is 12.2 Å². The second kappa shape index (κ2) is 9.09. The van der Waals surface area contributed by atoms with Crippen LogP contribution in [-0.4, -0.2) is 45.6 Å². The van der Waals surface area contributed by atoms with Gasteiger partial charge in [0.05, 0.1) is 30.5 Å². The molecule has 0 heterocycles. The van der Waals surface area contributed by atoms with Crippen LogP contribution in [0.2, 0.25) is 0 Å². The standard InChI is InChI=1S/C14H21NO4S2/c1-2-7-18-8-9-19-10-11-21(16,17)13-5-3-12(4-6-13)14(15)20/h3-6H,2,7-11H2,1H3,(H2,15,20). The van der Waals surface area contributed by atoms with Crippen LogP contribution in [0.3, 0.4) is 0 Å². The van der Waals surface area contributed by atoms with Crippen molar-refractivity contribution in [3.8, 4) is 0 Å². The predicted molar refractivity (Wildman–Crippen MR) is 86.3 cm³/mol. The smallest absolute Gasteiger partial charge is 0.180 e. The van der Waals surface area contributed by atoms with E-state index in [0.717, 1.165) is 6.42 Å². The summed E-state index contributed by atoms with van der Waals surface area (Å²) in [6, 6.07) is 6.23. The van der Waals surface area contributed by atoms with E-state index in [4.69, 9.17) is 27.4 Å². The van der Waals surface area contributed by atoms with Crippen LogP contribution in [0.1, 0.15) is 18.9 Å². The molecule has 0 spiro atoms. The first-order valence-corrected chi connectivity index (χ1v) is 8.81. The van der Waals surface area contributed by atoms with Gasteiger partial charge >= 0.3 is 0 Å². The van der Waals surface area contributed by atoms with Crippen LogP contribution in [0.25, 0.3) is 0 Å². The first-order chi connectivity index (χ1) is 9.97. The van der Waals surface area contributed by atoms with Gasteiger partial charge in [0.15, 0.2) is 9.84 Å². The number of thiocarbonyl (C=S) groups is 1. The molecule has 1 aromatic carbocycles. The molecule has 5 nitrogen and oxygen atoms in total. The van der Waals surface area contributed by atoms with Crippen molar-refractivity contribution in [3.05, 3.63) is 29.8 Å². The van der Waals surface area contributed by atoms with Crippen molar-refractivity contribution < 1.29 is 17.9 Å². The minimum atomic E-state index is -3.35. The Morgan fingerprint density at radius 1 is 1.10 bits per heavy atom. The minimum absolute atomic E-state index is 0.0623. The SMILES string of the molecule is CCCOCCOCCS(=O)(=O)c1ccc(C(N)=S)cc1. The molecule has 21 heavy (non-hydrogen) atoms. The maximum Gasteiger partial charge on any atom is 0.180 e. The molecule has 0 aliphatic heterocycles. The second-order valence-corrected chi connectivity index (χ2v) is 6.98. The van der Waals surface area contributed by atoms with E-state index in [1.165, 1.54) is 12.1 Å². The van der Waals surface area contributed by atoms with Gasteiger partial charge in [-0.25, -0.2) is 8.42 Å². The fourth-order valence-corrected chi connectivity index (χ4v) is 2.84. The Hall–Kier alpha value is -1.02. The first kappa shape index (κ1) is 18.0. The van der Waals surface area contributed by atoms with E-state index in [-0.39, 0.29) is 22.2 Å². The summed E-state index contributed by atoms with van der Waals surface area (Å²) < 4.78 is 34.6. The normalized spacial score (nSPS) is 11.5. The molecule has 0 saturated carbocycles. The molecule has 1 rings (SSSR count). The molecule has 0 saturated heterocycles. The van der Waals surface area contributed by atoms with E-state index in [1.54, 1.807) is 12.1 Å². The third kappa shape index (κ3) is 6.52. The van der Waals surface area contributed by atoms with Gasteiger partial charge in [0.2, 0.25) is 0 Å². The summed E-state index contributed by atoms with van der Waals surface area (Å²) in [5, 5.41) is 0. The Kier molecular flexibility index (Phi) is 7.81. The molecule has 0 amide bonds. The molecule has 0 unspecified atom stereocenters. The molecule has 0 aliphatic carbocycles. The summed E-state index contributed by atoms with van der Waals surface area (Å²) in [6.45, 7) is 3.74. The van der Waals surface area contributed by atoms with Crippen LogP contribution in [-0.2, 0) is 19.3 Å². The zero-order valence-corrected chi connectivity index (χ0v) is 13.7. The number of hydrogen-bond acceptors (Lipinski definition) is 5. The number of sulfone groups is 1. The average molecular weight is 331 g/mol. The van der Waals surface area contributed by atoms with Gasteiger partial charge in [0.1, 0.15) is 4.99 Å². The van der Waals surface area contributed by atoms with Crippen molar-refractivity contribution in [1.29, 1.82) is 0 Å². The lowest BCUT2D eigenvalue weighted by Crippen LogP contribution is -2.15. The summed E-state index contributed by atoms with van der Waals surface area (Å²) in [5.41, 5.74) is 6.12. The largest absolute Gasteiger partial charge is 0.389 e. The predicted octanol–water partition coefficient (Wildman–Crippen LogP) is 1.54. The number of hydrogen-bond donors (Lipinski definition) is 1. The van der Waals surface area contributed by atoms with E-state index < -0.39 is 9.84 Å². The Bertz CT molecular complexity index is 541. The fourth-order valence-electron chi connectivity index (χ4n) is 1.58. The maximum atomic E-state index is 12.1. The van der Waals surface area contributed by atoms with Crippen molar-refractivity contribution in [2.45, 2.75) is 18.2 Å². The molecule has 118 valence electrons. The zero-order valence-electron chi connectivity index (χ0n) is 12.1. The van der Waals surface area contributed by atoms with Crippen molar-refractivity contribution in [3.63, 3.8) is 0 Å². The van der Waals surface area contributed by atoms with E-state index in [2.05, 4.69) is 0 Å². The second-order valence-electron chi connectivity index (χ2n) is 4.43. The molecule has 0 atom stereocenters. The fraction of sp³-hybridized carbons (Fsp3) is 0.500. The van der Waals surface area contributed by atoms with Gasteiger partial charge in [0.25, 0.3) is 0 Å². The zero-order chi connectivity index (χ0) is 15.7. The average Bonchev–Trinajstić information content (AvgIpc) is 2.46. The Labute approximate surface area is 131 Å². The van der Waals surface area contributed by atoms with E-state index >= 15 is 0 Å². The highest BCUT2D eigenvalue weighted by molar-refractivity contribution is 7.91. The van der Waals surface area contributed by atoms with E-state index in [9.17, 15) is 8.42 Å². The summed E-state index contributed by atoms with van der Waals surface area (Å²) in [5.74, 6) is -0.0623. The van der Waals surface area contributed by atoms with Gasteiger partial charge in [-0.1, -0.05) is 31.3 Å². The summed E-state index contributed by atoms with van der Waals surface area (Å²) in [6.07, 6.45) is 0.955. The number of benzene rings is 1. The Morgan fingerprint density at radius 2 is 1.67 bits per heavy atom. The molecule has 7 heteroatoms. The quantitative estimate of drug-likeness (QED) is 0.517. The molecule has 2 N–H and O–H groups in total. The van der Waals surface area contributed by atoms with Crippen LogP contribution in [0.15, 0.2) is 29.2 Å². The summed E-state index contributed by atoms with van der Waals surface area (Å²) in [4.78, 5) is 0.489. The lowest BCUT2D eigenvalue weighted by Gasteiger charge is -2.07. The van der Waals surface area contributed by atoms with Crippen molar-refractivity contribution in [1.82, 2.24) is 0 Å². The van der Waals surface area contributed by atoms with Gasteiger partial charge in [-0.05, 0) is 18.6 Å². The molecular formula is C14H21NO4S2. The van der Waals surface area contributed by atoms with Crippen LogP contribution in [0, 0.1) is 0 Å². The van der Waals surface area contributed by atoms with Crippen LogP contribution < -0.4 is 5.73 Å². The van der Waals surface area contributed by atoms with Gasteiger partial charge < -0.3 is 15.2 Å². The van der Waals surface area contributed by atoms with Gasteiger partial charge in [-0.15, -0.1) is 0 Å². The molecule has 0 aromatic heterocycles. The van der Waals surface area contributed by atoms with E-state index in [1.807, 2.05) is 6.92 Å². The third-order valence-electron chi connectivity index (χ3n) is 2.71. The van der Waals surface area contributed by atoms with Crippen LogP contribution in [0.4, 0.5) is 0 Å². The van der Waals surface area contributed by atoms with Gasteiger partial charge in [0, 0.05) is 12.2 Å². The number of ether oxygens (including phenoxy) is 2. The topological polar surface area (TPSA) is 78.6 Å². The van der Waals surface area contributed by atoms with Crippen LogP contribution in [0.5, 0.6) is 0 Å². The maximum absolute atomic E-state index is 12.1. The Morgan fingerprint density at radius 3 is 2.19 bits per heavy atom. The molecular weight excluding hydrogens is 310 g/mol.